The molecule has 4 heterocycles. The molecule has 3 aliphatic heterocycles. The van der Waals surface area contributed by atoms with Gasteiger partial charge in [0.15, 0.2) is 0 Å². The minimum absolute atomic E-state index is 0.200. The number of thiophene rings is 1. The molecule has 6 rings (SSSR count). The van der Waals surface area contributed by atoms with Crippen LogP contribution in [0, 0.1) is 0 Å². The van der Waals surface area contributed by atoms with Crippen molar-refractivity contribution in [3.63, 3.8) is 0 Å². The molecule has 1 amide bonds. The molecule has 0 spiro atoms. The smallest absolute Gasteiger partial charge is 0.263 e. The Morgan fingerprint density at radius 2 is 1.72 bits per heavy atom. The number of rotatable bonds is 5. The number of carbonyl (C=O) groups excluding carboxylic acids is 1. The molecule has 204 valence electrons. The molecule has 0 N–H and O–H groups in total. The van der Waals surface area contributed by atoms with Crippen LogP contribution in [-0.2, 0) is 19.3 Å². The Balaban J connectivity index is 1.53. The number of hydrogen-bond acceptors (Lipinski definition) is 4. The van der Waals surface area contributed by atoms with Crippen molar-refractivity contribution in [2.45, 2.75) is 72.1 Å². The average Bonchev–Trinajstić information content (AvgIpc) is 3.45. The van der Waals surface area contributed by atoms with Crippen molar-refractivity contribution in [2.24, 2.45) is 4.99 Å². The lowest BCUT2D eigenvalue weighted by Crippen LogP contribution is -2.35. The van der Waals surface area contributed by atoms with Crippen molar-refractivity contribution >= 4 is 34.2 Å². The predicted octanol–water partition coefficient (Wildman–Crippen LogP) is 7.41. The molecule has 1 aliphatic carbocycles. The van der Waals surface area contributed by atoms with Crippen LogP contribution in [0.5, 0.6) is 0 Å². The van der Waals surface area contributed by atoms with Crippen molar-refractivity contribution in [1.82, 2.24) is 4.90 Å². The van der Waals surface area contributed by atoms with Crippen molar-refractivity contribution in [3.8, 4) is 0 Å². The number of aliphatic imine (C=N–C) groups is 1. The number of hydrogen-bond donors (Lipinski definition) is 0. The van der Waals surface area contributed by atoms with E-state index >= 15 is 0 Å². The molecule has 0 radical (unpaired) electrons. The standard InChI is InChI=1S/C34H41N3OS/c1-4-26-28-12-10-20-36-19-9-11-24(33(28)36)22-29(26)32(27-14-13-25(35-5-2)21-23(27)3)30-15-16-31(39-30)34(38)37-17-7-6-8-18-37/h13-16,21-22H,4-12,17-20H2,1-3H3/b32-27+,35-25?. The van der Waals surface area contributed by atoms with Crippen molar-refractivity contribution < 1.29 is 4.79 Å². The van der Waals surface area contributed by atoms with Gasteiger partial charge in [0, 0.05) is 48.9 Å². The number of nitrogens with zero attached hydrogens (tertiary/aromatic N) is 3. The molecule has 0 atom stereocenters. The van der Waals surface area contributed by atoms with Crippen LogP contribution in [0.2, 0.25) is 0 Å². The highest BCUT2D eigenvalue weighted by Gasteiger charge is 2.30. The number of anilines is 1. The molecule has 0 saturated carbocycles. The minimum atomic E-state index is 0.200. The summed E-state index contributed by atoms with van der Waals surface area (Å²) in [7, 11) is 0. The second kappa shape index (κ2) is 11.3. The summed E-state index contributed by atoms with van der Waals surface area (Å²) in [5.41, 5.74) is 12.3. The van der Waals surface area contributed by atoms with Crippen LogP contribution >= 0.6 is 11.3 Å². The summed E-state index contributed by atoms with van der Waals surface area (Å²) in [5, 5.41) is 0. The maximum Gasteiger partial charge on any atom is 0.263 e. The number of likely N-dealkylation sites (tertiary alicyclic amines) is 1. The van der Waals surface area contributed by atoms with Gasteiger partial charge >= 0.3 is 0 Å². The molecule has 1 fully saturated rings. The van der Waals surface area contributed by atoms with E-state index < -0.39 is 0 Å². The van der Waals surface area contributed by atoms with Crippen LogP contribution in [0.15, 0.2) is 52.6 Å². The van der Waals surface area contributed by atoms with E-state index in [0.717, 1.165) is 55.9 Å². The first-order valence-corrected chi connectivity index (χ1v) is 15.9. The first-order chi connectivity index (χ1) is 19.1. The highest BCUT2D eigenvalue weighted by molar-refractivity contribution is 7.15. The quantitative estimate of drug-likeness (QED) is 0.397. The van der Waals surface area contributed by atoms with Gasteiger partial charge < -0.3 is 9.80 Å². The van der Waals surface area contributed by atoms with Crippen LogP contribution in [0.25, 0.3) is 5.57 Å². The maximum atomic E-state index is 13.5. The van der Waals surface area contributed by atoms with Crippen LogP contribution in [0.4, 0.5) is 5.69 Å². The molecule has 4 nitrogen and oxygen atoms in total. The number of carbonyl (C=O) groups is 1. The summed E-state index contributed by atoms with van der Waals surface area (Å²) in [4.78, 5) is 24.9. The van der Waals surface area contributed by atoms with Crippen LogP contribution in [-0.4, -0.2) is 49.2 Å². The van der Waals surface area contributed by atoms with E-state index in [4.69, 9.17) is 0 Å². The van der Waals surface area contributed by atoms with Crippen molar-refractivity contribution in [2.75, 3.05) is 37.6 Å². The highest BCUT2D eigenvalue weighted by atomic mass is 32.1. The summed E-state index contributed by atoms with van der Waals surface area (Å²) in [6.07, 6.45) is 15.9. The lowest BCUT2D eigenvalue weighted by molar-refractivity contribution is 0.0729. The lowest BCUT2D eigenvalue weighted by Gasteiger charge is -2.39. The Kier molecular flexibility index (Phi) is 7.61. The summed E-state index contributed by atoms with van der Waals surface area (Å²) in [5.74, 6) is 0.200. The van der Waals surface area contributed by atoms with Gasteiger partial charge in [0.1, 0.15) is 0 Å². The summed E-state index contributed by atoms with van der Waals surface area (Å²) in [6, 6.07) is 6.79. The fourth-order valence-electron chi connectivity index (χ4n) is 7.01. The molecular formula is C34H41N3OS. The van der Waals surface area contributed by atoms with Gasteiger partial charge in [-0.1, -0.05) is 13.0 Å². The van der Waals surface area contributed by atoms with E-state index in [1.165, 1.54) is 82.7 Å². The first kappa shape index (κ1) is 26.3. The van der Waals surface area contributed by atoms with Crippen LogP contribution in [0.1, 0.15) is 89.7 Å². The number of amides is 1. The van der Waals surface area contributed by atoms with E-state index in [2.05, 4.69) is 72.0 Å². The molecular weight excluding hydrogens is 498 g/mol. The monoisotopic (exact) mass is 539 g/mol. The van der Waals surface area contributed by atoms with Crippen molar-refractivity contribution in [1.29, 1.82) is 0 Å². The molecule has 0 unspecified atom stereocenters. The normalized spacial score (nSPS) is 21.2. The SMILES string of the molecule is CCN=C1C=C/C(=C(\c2ccc(C(=O)N3CCCCC3)s2)c2cc3c4c(c2CC)CCCN4CCC3)C(C)=C1. The zero-order valence-corrected chi connectivity index (χ0v) is 24.6. The number of aryl methyl sites for hydroxylation is 1. The molecule has 2 aromatic rings. The van der Waals surface area contributed by atoms with Gasteiger partial charge in [0.25, 0.3) is 5.91 Å². The highest BCUT2D eigenvalue weighted by Crippen LogP contribution is 2.45. The second-order valence-electron chi connectivity index (χ2n) is 11.3. The summed E-state index contributed by atoms with van der Waals surface area (Å²) < 4.78 is 0. The molecule has 0 bridgehead atoms. The van der Waals surface area contributed by atoms with Gasteiger partial charge in [-0.05, 0) is 129 Å². The Bertz CT molecular complexity index is 1400. The van der Waals surface area contributed by atoms with Crippen LogP contribution < -0.4 is 4.90 Å². The number of allylic oxidation sites excluding steroid dienone is 5. The fourth-order valence-corrected chi connectivity index (χ4v) is 8.06. The fraction of sp³-hybridized carbons (Fsp3) is 0.471. The first-order valence-electron chi connectivity index (χ1n) is 15.1. The summed E-state index contributed by atoms with van der Waals surface area (Å²) >= 11 is 1.68. The van der Waals surface area contributed by atoms with Gasteiger partial charge in [-0.25, -0.2) is 0 Å². The zero-order chi connectivity index (χ0) is 26.9. The Labute approximate surface area is 237 Å². The maximum absolute atomic E-state index is 13.5. The van der Waals surface area contributed by atoms with E-state index in [1.54, 1.807) is 16.9 Å². The van der Waals surface area contributed by atoms with Crippen molar-refractivity contribution in [3.05, 3.63) is 79.6 Å². The van der Waals surface area contributed by atoms with Gasteiger partial charge in [-0.3, -0.25) is 9.79 Å². The van der Waals surface area contributed by atoms with Gasteiger partial charge in [-0.15, -0.1) is 11.3 Å². The van der Waals surface area contributed by atoms with E-state index in [9.17, 15) is 4.79 Å². The Morgan fingerprint density at radius 3 is 2.46 bits per heavy atom. The van der Waals surface area contributed by atoms with E-state index in [0.29, 0.717) is 0 Å². The predicted molar refractivity (Wildman–Crippen MR) is 166 cm³/mol. The molecule has 5 heteroatoms. The molecule has 4 aliphatic rings. The minimum Gasteiger partial charge on any atom is -0.371 e. The third-order valence-electron chi connectivity index (χ3n) is 8.79. The summed E-state index contributed by atoms with van der Waals surface area (Å²) in [6.45, 7) is 11.5. The largest absolute Gasteiger partial charge is 0.371 e. The number of benzene rings is 1. The third kappa shape index (κ3) is 4.95. The lowest BCUT2D eigenvalue weighted by atomic mass is 9.80. The molecule has 1 saturated heterocycles. The van der Waals surface area contributed by atoms with Gasteiger partial charge in [0.05, 0.1) is 10.6 Å². The van der Waals surface area contributed by atoms with E-state index in [1.807, 2.05) is 0 Å². The van der Waals surface area contributed by atoms with Crippen LogP contribution in [0.3, 0.4) is 0 Å². The molecule has 1 aromatic carbocycles. The third-order valence-corrected chi connectivity index (χ3v) is 9.88. The molecule has 1 aromatic heterocycles. The van der Waals surface area contributed by atoms with Gasteiger partial charge in [-0.2, -0.15) is 0 Å². The topological polar surface area (TPSA) is 35.9 Å². The molecule has 39 heavy (non-hydrogen) atoms. The average molecular weight is 540 g/mol. The number of piperidine rings is 1. The van der Waals surface area contributed by atoms with E-state index in [-0.39, 0.29) is 5.91 Å². The Morgan fingerprint density at radius 1 is 0.949 bits per heavy atom. The van der Waals surface area contributed by atoms with Gasteiger partial charge in [0.2, 0.25) is 0 Å². The Hall–Kier alpha value is -2.92. The second-order valence-corrected chi connectivity index (χ2v) is 12.4. The zero-order valence-electron chi connectivity index (χ0n) is 23.8.